The van der Waals surface area contributed by atoms with Gasteiger partial charge >= 0.3 is 0 Å². The summed E-state index contributed by atoms with van der Waals surface area (Å²) >= 11 is 0. The molecule has 1 aromatic rings. The first-order valence-electron chi connectivity index (χ1n) is 3.82. The van der Waals surface area contributed by atoms with E-state index in [4.69, 9.17) is 5.41 Å². The van der Waals surface area contributed by atoms with Crippen LogP contribution in [0.2, 0.25) is 0 Å². The highest BCUT2D eigenvalue weighted by Gasteiger charge is 1.84. The summed E-state index contributed by atoms with van der Waals surface area (Å²) in [6.07, 6.45) is 3.12. The van der Waals surface area contributed by atoms with Gasteiger partial charge in [0.15, 0.2) is 0 Å². The molecule has 0 saturated heterocycles. The van der Waals surface area contributed by atoms with Crippen molar-refractivity contribution in [2.45, 2.75) is 6.92 Å². The predicted molar refractivity (Wildman–Crippen MR) is 52.6 cm³/mol. The zero-order valence-corrected chi connectivity index (χ0v) is 7.04. The Kier molecular flexibility index (Phi) is 3.08. The summed E-state index contributed by atoms with van der Waals surface area (Å²) in [7, 11) is 0. The highest BCUT2D eigenvalue weighted by Crippen LogP contribution is 2.04. The van der Waals surface area contributed by atoms with Gasteiger partial charge < -0.3 is 10.7 Å². The SMILES string of the molecule is C/C(C=N)=C/Nc1ccccc1. The fraction of sp³-hybridized carbons (Fsp3) is 0.100. The van der Waals surface area contributed by atoms with Crippen molar-refractivity contribution >= 4 is 11.9 Å². The standard InChI is InChI=1S/C10H12N2/c1-9(7-11)8-12-10-5-3-2-4-6-10/h2-8,11-12H,1H3/b9-8-,11-7?. The van der Waals surface area contributed by atoms with Gasteiger partial charge in [0.2, 0.25) is 0 Å². The fourth-order valence-electron chi connectivity index (χ4n) is 0.773. The largest absolute Gasteiger partial charge is 0.361 e. The van der Waals surface area contributed by atoms with E-state index in [1.807, 2.05) is 43.5 Å². The Morgan fingerprint density at radius 1 is 1.33 bits per heavy atom. The molecular weight excluding hydrogens is 148 g/mol. The Labute approximate surface area is 72.4 Å². The number of rotatable bonds is 3. The van der Waals surface area contributed by atoms with Crippen LogP contribution >= 0.6 is 0 Å². The fourth-order valence-corrected chi connectivity index (χ4v) is 0.773. The van der Waals surface area contributed by atoms with E-state index in [0.29, 0.717) is 0 Å². The Bertz CT molecular complexity index is 275. The topological polar surface area (TPSA) is 35.9 Å². The number of benzene rings is 1. The lowest BCUT2D eigenvalue weighted by Gasteiger charge is -1.99. The average Bonchev–Trinajstić information content (AvgIpc) is 2.16. The van der Waals surface area contributed by atoms with E-state index in [-0.39, 0.29) is 0 Å². The molecule has 0 aliphatic heterocycles. The molecule has 62 valence electrons. The molecule has 0 atom stereocenters. The number of hydrogen-bond acceptors (Lipinski definition) is 2. The molecule has 0 aliphatic rings. The summed E-state index contributed by atoms with van der Waals surface area (Å²) in [6.45, 7) is 1.88. The molecule has 1 rings (SSSR count). The molecule has 0 aromatic heterocycles. The predicted octanol–water partition coefficient (Wildman–Crippen LogP) is 2.65. The number of hydrogen-bond donors (Lipinski definition) is 2. The molecule has 0 unspecified atom stereocenters. The number of anilines is 1. The Hall–Kier alpha value is -1.57. The molecule has 0 aliphatic carbocycles. The quantitative estimate of drug-likeness (QED) is 0.655. The van der Waals surface area contributed by atoms with E-state index in [2.05, 4.69) is 5.32 Å². The van der Waals surface area contributed by atoms with Crippen LogP contribution in [0.15, 0.2) is 42.1 Å². The van der Waals surface area contributed by atoms with E-state index in [0.717, 1.165) is 11.3 Å². The molecule has 0 radical (unpaired) electrons. The van der Waals surface area contributed by atoms with Crippen molar-refractivity contribution in [3.63, 3.8) is 0 Å². The molecule has 0 spiro atoms. The number of nitrogens with one attached hydrogen (secondary N) is 2. The van der Waals surface area contributed by atoms with Gasteiger partial charge in [0.1, 0.15) is 0 Å². The average molecular weight is 160 g/mol. The summed E-state index contributed by atoms with van der Waals surface area (Å²) in [5.74, 6) is 0. The minimum Gasteiger partial charge on any atom is -0.361 e. The molecule has 2 nitrogen and oxygen atoms in total. The molecule has 0 bridgehead atoms. The molecule has 0 amide bonds. The van der Waals surface area contributed by atoms with Crippen molar-refractivity contribution in [3.8, 4) is 0 Å². The van der Waals surface area contributed by atoms with Crippen LogP contribution in [0.1, 0.15) is 6.92 Å². The normalized spacial score (nSPS) is 10.9. The molecule has 2 N–H and O–H groups in total. The van der Waals surface area contributed by atoms with Crippen LogP contribution in [0.3, 0.4) is 0 Å². The van der Waals surface area contributed by atoms with Crippen molar-refractivity contribution < 1.29 is 0 Å². The first kappa shape index (κ1) is 8.53. The van der Waals surface area contributed by atoms with Crippen molar-refractivity contribution in [1.29, 1.82) is 5.41 Å². The van der Waals surface area contributed by atoms with E-state index in [1.165, 1.54) is 6.21 Å². The monoisotopic (exact) mass is 160 g/mol. The molecule has 0 heterocycles. The smallest absolute Gasteiger partial charge is 0.0379 e. The van der Waals surface area contributed by atoms with Crippen molar-refractivity contribution in [2.75, 3.05) is 5.32 Å². The molecular formula is C10H12N2. The van der Waals surface area contributed by atoms with Crippen LogP contribution < -0.4 is 5.32 Å². The van der Waals surface area contributed by atoms with E-state index < -0.39 is 0 Å². The van der Waals surface area contributed by atoms with Crippen LogP contribution in [0.4, 0.5) is 5.69 Å². The first-order valence-corrected chi connectivity index (χ1v) is 3.82. The third-order valence-corrected chi connectivity index (χ3v) is 1.47. The third-order valence-electron chi connectivity index (χ3n) is 1.47. The minimum atomic E-state index is 0.902. The van der Waals surface area contributed by atoms with Gasteiger partial charge in [-0.2, -0.15) is 0 Å². The van der Waals surface area contributed by atoms with Gasteiger partial charge in [-0.1, -0.05) is 18.2 Å². The van der Waals surface area contributed by atoms with Gasteiger partial charge in [0.25, 0.3) is 0 Å². The number of para-hydroxylation sites is 1. The van der Waals surface area contributed by atoms with Crippen LogP contribution in [0.5, 0.6) is 0 Å². The molecule has 1 aromatic carbocycles. The maximum absolute atomic E-state index is 6.94. The Morgan fingerprint density at radius 3 is 2.58 bits per heavy atom. The summed E-state index contributed by atoms with van der Waals surface area (Å²) in [4.78, 5) is 0. The van der Waals surface area contributed by atoms with Crippen molar-refractivity contribution in [3.05, 3.63) is 42.1 Å². The molecule has 0 saturated carbocycles. The Morgan fingerprint density at radius 2 is 2.00 bits per heavy atom. The zero-order chi connectivity index (χ0) is 8.81. The van der Waals surface area contributed by atoms with Gasteiger partial charge in [0, 0.05) is 18.1 Å². The van der Waals surface area contributed by atoms with Crippen molar-refractivity contribution in [1.82, 2.24) is 0 Å². The van der Waals surface area contributed by atoms with Gasteiger partial charge in [0.05, 0.1) is 0 Å². The second kappa shape index (κ2) is 4.34. The second-order valence-electron chi connectivity index (χ2n) is 2.54. The third kappa shape index (κ3) is 2.58. The molecule has 0 fully saturated rings. The Balaban J connectivity index is 2.60. The van der Waals surface area contributed by atoms with E-state index in [1.54, 1.807) is 0 Å². The highest BCUT2D eigenvalue weighted by atomic mass is 14.8. The lowest BCUT2D eigenvalue weighted by molar-refractivity contribution is 1.47. The molecule has 2 heteroatoms. The zero-order valence-electron chi connectivity index (χ0n) is 7.04. The maximum Gasteiger partial charge on any atom is 0.0379 e. The summed E-state index contributed by atoms with van der Waals surface area (Å²) < 4.78 is 0. The van der Waals surface area contributed by atoms with Crippen LogP contribution in [-0.2, 0) is 0 Å². The summed E-state index contributed by atoms with van der Waals surface area (Å²) in [6, 6.07) is 9.87. The lowest BCUT2D eigenvalue weighted by Crippen LogP contribution is -1.89. The van der Waals surface area contributed by atoms with Crippen LogP contribution in [0, 0.1) is 5.41 Å². The van der Waals surface area contributed by atoms with Gasteiger partial charge in [-0.3, -0.25) is 0 Å². The van der Waals surface area contributed by atoms with Crippen LogP contribution in [0.25, 0.3) is 0 Å². The highest BCUT2D eigenvalue weighted by molar-refractivity contribution is 5.75. The summed E-state index contributed by atoms with van der Waals surface area (Å²) in [5, 5.41) is 10.0. The van der Waals surface area contributed by atoms with Gasteiger partial charge in [-0.25, -0.2) is 0 Å². The van der Waals surface area contributed by atoms with Gasteiger partial charge in [-0.15, -0.1) is 0 Å². The second-order valence-corrected chi connectivity index (χ2v) is 2.54. The lowest BCUT2D eigenvalue weighted by atomic mass is 10.3. The minimum absolute atomic E-state index is 0.902. The first-order chi connectivity index (χ1) is 5.83. The van der Waals surface area contributed by atoms with E-state index >= 15 is 0 Å². The summed E-state index contributed by atoms with van der Waals surface area (Å²) in [5.41, 5.74) is 1.94. The number of allylic oxidation sites excluding steroid dienone is 1. The molecule has 12 heavy (non-hydrogen) atoms. The van der Waals surface area contributed by atoms with E-state index in [9.17, 15) is 0 Å². The van der Waals surface area contributed by atoms with Gasteiger partial charge in [-0.05, 0) is 24.6 Å². The maximum atomic E-state index is 6.94. The van der Waals surface area contributed by atoms with Crippen molar-refractivity contribution in [2.24, 2.45) is 0 Å². The van der Waals surface area contributed by atoms with Crippen LogP contribution in [-0.4, -0.2) is 6.21 Å².